The molecule has 0 amide bonds. The van der Waals surface area contributed by atoms with Crippen LogP contribution in [0.4, 0.5) is 0 Å². The van der Waals surface area contributed by atoms with Gasteiger partial charge < -0.3 is 10.2 Å². The van der Waals surface area contributed by atoms with Gasteiger partial charge in [-0.05, 0) is 13.0 Å². The number of nitrogens with zero attached hydrogens (tertiary/aromatic N) is 1. The number of rotatable bonds is 3. The number of alkyl halides is 2. The number of hydrogen-bond acceptors (Lipinski definition) is 2. The van der Waals surface area contributed by atoms with Gasteiger partial charge in [-0.2, -0.15) is 0 Å². The van der Waals surface area contributed by atoms with E-state index in [2.05, 4.69) is 5.32 Å². The Balaban J connectivity index is 2.90. The maximum absolute atomic E-state index is 6.15. The molecule has 0 saturated heterocycles. The summed E-state index contributed by atoms with van der Waals surface area (Å²) in [7, 11) is 1.93. The lowest BCUT2D eigenvalue weighted by Gasteiger charge is -2.31. The zero-order valence-electron chi connectivity index (χ0n) is 8.15. The number of likely N-dealkylation sites (N-methyl/N-ethyl adjacent to an activating group) is 1. The van der Waals surface area contributed by atoms with Gasteiger partial charge in [0.1, 0.15) is 5.00 Å². The van der Waals surface area contributed by atoms with Crippen molar-refractivity contribution in [2.24, 2.45) is 0 Å². The monoisotopic (exact) mass is 254 g/mol. The Morgan fingerprint density at radius 3 is 2.79 bits per heavy atom. The molecule has 5 heteroatoms. The molecule has 0 fully saturated rings. The van der Waals surface area contributed by atoms with E-state index >= 15 is 0 Å². The van der Waals surface area contributed by atoms with Gasteiger partial charge in [0.25, 0.3) is 0 Å². The molecule has 1 N–H and O–H groups in total. The van der Waals surface area contributed by atoms with Crippen LogP contribution in [0.5, 0.6) is 0 Å². The molecule has 80 valence electrons. The van der Waals surface area contributed by atoms with Gasteiger partial charge in [-0.25, -0.2) is 0 Å². The molecule has 0 aromatic heterocycles. The molecule has 0 bridgehead atoms. The molecule has 14 heavy (non-hydrogen) atoms. The summed E-state index contributed by atoms with van der Waals surface area (Å²) < 4.78 is 0. The van der Waals surface area contributed by atoms with Crippen LogP contribution in [0.3, 0.4) is 0 Å². The van der Waals surface area contributed by atoms with Gasteiger partial charge in [0.15, 0.2) is 0 Å². The van der Waals surface area contributed by atoms with Crippen LogP contribution >= 0.6 is 34.8 Å². The maximum Gasteiger partial charge on any atom is 0.147 e. The first-order valence-electron chi connectivity index (χ1n) is 4.29. The average Bonchev–Trinajstić information content (AvgIpc) is 2.10. The molecule has 1 unspecified atom stereocenters. The number of allylic oxidation sites excluding steroid dienone is 1. The molecule has 1 atom stereocenters. The largest absolute Gasteiger partial charge is 0.372 e. The van der Waals surface area contributed by atoms with Gasteiger partial charge in [0.05, 0.1) is 10.7 Å². The molecule has 2 nitrogen and oxygen atoms in total. The molecule has 1 heterocycles. The lowest BCUT2D eigenvalue weighted by Crippen LogP contribution is -2.38. The first-order valence-corrected chi connectivity index (χ1v) is 5.58. The Morgan fingerprint density at radius 1 is 1.57 bits per heavy atom. The molecular weight excluding hydrogens is 242 g/mol. The van der Waals surface area contributed by atoms with Gasteiger partial charge >= 0.3 is 0 Å². The van der Waals surface area contributed by atoms with Gasteiger partial charge in [0, 0.05) is 25.7 Å². The van der Waals surface area contributed by atoms with Crippen LogP contribution in [0.1, 0.15) is 6.92 Å². The van der Waals surface area contributed by atoms with Crippen molar-refractivity contribution >= 4 is 34.8 Å². The van der Waals surface area contributed by atoms with Gasteiger partial charge in [-0.1, -0.05) is 23.2 Å². The summed E-state index contributed by atoms with van der Waals surface area (Å²) in [5.41, 5.74) is 0.906. The normalized spacial score (nSPS) is 26.4. The summed E-state index contributed by atoms with van der Waals surface area (Å²) in [6.07, 6.45) is 3.68. The summed E-state index contributed by atoms with van der Waals surface area (Å²) in [5.74, 6) is 0.560. The van der Waals surface area contributed by atoms with E-state index in [0.717, 1.165) is 12.2 Å². The fourth-order valence-corrected chi connectivity index (χ4v) is 1.87. The molecule has 1 aliphatic heterocycles. The summed E-state index contributed by atoms with van der Waals surface area (Å²) in [4.78, 5) is 1.26. The minimum absolute atomic E-state index is 0.560. The van der Waals surface area contributed by atoms with Crippen LogP contribution in [0.15, 0.2) is 23.0 Å². The van der Waals surface area contributed by atoms with Gasteiger partial charge in [-0.15, -0.1) is 11.6 Å². The van der Waals surface area contributed by atoms with Crippen molar-refractivity contribution in [3.63, 3.8) is 0 Å². The minimum atomic E-state index is -0.716. The van der Waals surface area contributed by atoms with E-state index < -0.39 is 5.00 Å². The van der Waals surface area contributed by atoms with Crippen LogP contribution in [-0.2, 0) is 0 Å². The fraction of sp³-hybridized carbons (Fsp3) is 0.556. The third kappa shape index (κ3) is 2.50. The second-order valence-electron chi connectivity index (χ2n) is 3.29. The standard InChI is InChI=1S/C9H13Cl3N2/c1-9(12)8(11)7(3-5-13-9)14(2)6-4-10/h3,5,13H,4,6H2,1-2H3. The highest BCUT2D eigenvalue weighted by molar-refractivity contribution is 6.39. The number of nitrogens with one attached hydrogen (secondary N) is 1. The van der Waals surface area contributed by atoms with Crippen molar-refractivity contribution in [2.45, 2.75) is 11.9 Å². The minimum Gasteiger partial charge on any atom is -0.372 e. The number of hydrogen-bond donors (Lipinski definition) is 1. The third-order valence-electron chi connectivity index (χ3n) is 2.06. The van der Waals surface area contributed by atoms with Crippen LogP contribution in [0, 0.1) is 0 Å². The molecule has 1 rings (SSSR count). The predicted molar refractivity (Wildman–Crippen MR) is 62.8 cm³/mol. The zero-order valence-corrected chi connectivity index (χ0v) is 10.4. The lowest BCUT2D eigenvalue weighted by atomic mass is 10.2. The van der Waals surface area contributed by atoms with E-state index in [0.29, 0.717) is 10.9 Å². The maximum atomic E-state index is 6.15. The highest BCUT2D eigenvalue weighted by Crippen LogP contribution is 2.32. The number of halogens is 3. The Kier molecular flexibility index (Phi) is 3.99. The second kappa shape index (κ2) is 4.65. The second-order valence-corrected chi connectivity index (χ2v) is 4.80. The van der Waals surface area contributed by atoms with Gasteiger partial charge in [-0.3, -0.25) is 0 Å². The van der Waals surface area contributed by atoms with E-state index in [-0.39, 0.29) is 0 Å². The Hall–Kier alpha value is -0.0500. The first kappa shape index (κ1) is 12.0. The molecule has 0 spiro atoms. The highest BCUT2D eigenvalue weighted by Gasteiger charge is 2.29. The Bertz CT molecular complexity index is 271. The van der Waals surface area contributed by atoms with E-state index in [9.17, 15) is 0 Å². The van der Waals surface area contributed by atoms with Crippen molar-refractivity contribution in [2.75, 3.05) is 19.5 Å². The van der Waals surface area contributed by atoms with Crippen LogP contribution < -0.4 is 5.32 Å². The zero-order chi connectivity index (χ0) is 10.8. The average molecular weight is 256 g/mol. The SMILES string of the molecule is CN(CCCl)C1=C(Cl)C(C)(Cl)NC=C1. The predicted octanol–water partition coefficient (Wildman–Crippen LogP) is 2.68. The summed E-state index contributed by atoms with van der Waals surface area (Å²) in [5, 5.41) is 3.56. The lowest BCUT2D eigenvalue weighted by molar-refractivity contribution is 0.444. The molecule has 0 aromatic carbocycles. The van der Waals surface area contributed by atoms with E-state index in [1.807, 2.05) is 24.9 Å². The summed E-state index contributed by atoms with van der Waals surface area (Å²) in [6, 6.07) is 0. The van der Waals surface area contributed by atoms with Crippen molar-refractivity contribution in [1.29, 1.82) is 0 Å². The molecule has 1 aliphatic rings. The molecule has 0 radical (unpaired) electrons. The van der Waals surface area contributed by atoms with Crippen LogP contribution in [-0.4, -0.2) is 29.4 Å². The fourth-order valence-electron chi connectivity index (χ4n) is 1.20. The van der Waals surface area contributed by atoms with Crippen molar-refractivity contribution in [3.05, 3.63) is 23.0 Å². The topological polar surface area (TPSA) is 15.3 Å². The van der Waals surface area contributed by atoms with E-state index in [4.69, 9.17) is 34.8 Å². The quantitative estimate of drug-likeness (QED) is 0.616. The van der Waals surface area contributed by atoms with Crippen LogP contribution in [0.2, 0.25) is 0 Å². The molecule has 0 aliphatic carbocycles. The van der Waals surface area contributed by atoms with Gasteiger partial charge in [0.2, 0.25) is 0 Å². The first-order chi connectivity index (χ1) is 6.49. The van der Waals surface area contributed by atoms with E-state index in [1.54, 1.807) is 6.20 Å². The van der Waals surface area contributed by atoms with Crippen molar-refractivity contribution < 1.29 is 0 Å². The number of dihydropyridines is 1. The summed E-state index contributed by atoms with van der Waals surface area (Å²) >= 11 is 18.0. The van der Waals surface area contributed by atoms with Crippen molar-refractivity contribution in [3.8, 4) is 0 Å². The summed E-state index contributed by atoms with van der Waals surface area (Å²) in [6.45, 7) is 2.55. The smallest absolute Gasteiger partial charge is 0.147 e. The Morgan fingerprint density at radius 2 is 2.21 bits per heavy atom. The Labute approximate surface area is 99.5 Å². The molecular formula is C9H13Cl3N2. The highest BCUT2D eigenvalue weighted by atomic mass is 35.5. The molecule has 0 aromatic rings. The van der Waals surface area contributed by atoms with Crippen molar-refractivity contribution in [1.82, 2.24) is 10.2 Å². The van der Waals surface area contributed by atoms with E-state index in [1.165, 1.54) is 0 Å². The van der Waals surface area contributed by atoms with Crippen LogP contribution in [0.25, 0.3) is 0 Å². The molecule has 0 saturated carbocycles. The third-order valence-corrected chi connectivity index (χ3v) is 3.20.